The number of methoxy groups -OCH3 is 1. The summed E-state index contributed by atoms with van der Waals surface area (Å²) in [5.74, 6) is 2.21. The van der Waals surface area contributed by atoms with E-state index in [1.165, 1.54) is 31.4 Å². The number of hydrogen-bond donors (Lipinski definition) is 2. The molecule has 0 fully saturated rings. The average Bonchev–Trinajstić information content (AvgIpc) is 2.63. The number of aryl methyl sites for hydroxylation is 1. The number of amides is 1. The second kappa shape index (κ2) is 8.23. The molecule has 136 valence electrons. The monoisotopic (exact) mass is 392 g/mol. The van der Waals surface area contributed by atoms with Crippen LogP contribution in [0.1, 0.15) is 15.9 Å². The van der Waals surface area contributed by atoms with Crippen molar-refractivity contribution in [2.45, 2.75) is 11.8 Å². The summed E-state index contributed by atoms with van der Waals surface area (Å²) in [6.45, 7) is 1.70. The number of anilines is 1. The molecule has 2 aromatic rings. The van der Waals surface area contributed by atoms with Gasteiger partial charge < -0.3 is 10.1 Å². The zero-order chi connectivity index (χ0) is 19.3. The third kappa shape index (κ3) is 4.55. The van der Waals surface area contributed by atoms with Gasteiger partial charge in [-0.05, 0) is 42.8 Å². The Hall–Kier alpha value is -2.53. The highest BCUT2D eigenvalue weighted by Crippen LogP contribution is 2.31. The van der Waals surface area contributed by atoms with E-state index in [-0.39, 0.29) is 17.0 Å². The van der Waals surface area contributed by atoms with Gasteiger partial charge in [0.2, 0.25) is 10.0 Å². The Bertz CT molecular complexity index is 964. The fourth-order valence-corrected chi connectivity index (χ4v) is 3.22. The molecule has 0 aliphatic rings. The zero-order valence-electron chi connectivity index (χ0n) is 14.2. The van der Waals surface area contributed by atoms with Crippen molar-refractivity contribution in [1.82, 2.24) is 4.72 Å². The fraction of sp³-hybridized carbons (Fsp3) is 0.167. The zero-order valence-corrected chi connectivity index (χ0v) is 15.7. The van der Waals surface area contributed by atoms with Gasteiger partial charge in [0.25, 0.3) is 5.91 Å². The molecule has 2 rings (SSSR count). The van der Waals surface area contributed by atoms with E-state index in [2.05, 4.69) is 16.0 Å². The summed E-state index contributed by atoms with van der Waals surface area (Å²) in [4.78, 5) is 12.4. The van der Waals surface area contributed by atoms with E-state index < -0.39 is 15.9 Å². The first-order valence-corrected chi connectivity index (χ1v) is 9.33. The molecule has 0 radical (unpaired) electrons. The van der Waals surface area contributed by atoms with Crippen LogP contribution in [-0.4, -0.2) is 28.0 Å². The van der Waals surface area contributed by atoms with Gasteiger partial charge in [0, 0.05) is 16.7 Å². The van der Waals surface area contributed by atoms with E-state index in [0.717, 1.165) is 5.56 Å². The number of nitrogens with one attached hydrogen (secondary N) is 2. The molecular formula is C18H17ClN2O4S. The van der Waals surface area contributed by atoms with Crippen molar-refractivity contribution in [3.63, 3.8) is 0 Å². The number of ether oxygens (including phenoxy) is 1. The predicted octanol–water partition coefficient (Wildman–Crippen LogP) is 2.82. The van der Waals surface area contributed by atoms with Gasteiger partial charge in [-0.25, -0.2) is 8.42 Å². The third-order valence-corrected chi connectivity index (χ3v) is 5.34. The van der Waals surface area contributed by atoms with E-state index in [1.807, 2.05) is 0 Å². The molecule has 8 heteroatoms. The molecule has 0 aromatic heterocycles. The number of carbonyl (C=O) groups is 1. The molecule has 0 aliphatic heterocycles. The molecule has 0 saturated carbocycles. The lowest BCUT2D eigenvalue weighted by molar-refractivity contribution is 0.102. The molecule has 6 nitrogen and oxygen atoms in total. The molecule has 1 amide bonds. The summed E-state index contributed by atoms with van der Waals surface area (Å²) in [6, 6.07) is 8.79. The summed E-state index contributed by atoms with van der Waals surface area (Å²) in [5.41, 5.74) is 1.53. The minimum atomic E-state index is -3.70. The summed E-state index contributed by atoms with van der Waals surface area (Å²) in [6.07, 6.45) is 5.05. The van der Waals surface area contributed by atoms with Crippen LogP contribution in [0.4, 0.5) is 5.69 Å². The molecule has 2 aromatic carbocycles. The van der Waals surface area contributed by atoms with Crippen molar-refractivity contribution in [3.05, 3.63) is 52.5 Å². The standard InChI is InChI=1S/C18H17ClN2O4S/c1-4-9-20-26(23,24)14-7-5-13(6-8-14)18(22)21-16-10-12(2)15(19)11-17(16)25-3/h1,5-8,10-11,20H,9H2,2-3H3,(H,21,22). The van der Waals surface area contributed by atoms with Gasteiger partial charge in [0.15, 0.2) is 0 Å². The minimum absolute atomic E-state index is 0.0178. The van der Waals surface area contributed by atoms with Crippen LogP contribution >= 0.6 is 11.6 Å². The lowest BCUT2D eigenvalue weighted by Crippen LogP contribution is -2.24. The molecule has 0 spiro atoms. The van der Waals surface area contributed by atoms with Gasteiger partial charge in [0.05, 0.1) is 24.2 Å². The topological polar surface area (TPSA) is 84.5 Å². The van der Waals surface area contributed by atoms with Crippen LogP contribution in [0.25, 0.3) is 0 Å². The molecular weight excluding hydrogens is 376 g/mol. The summed E-state index contributed by atoms with van der Waals surface area (Å²) >= 11 is 6.05. The van der Waals surface area contributed by atoms with Crippen molar-refractivity contribution >= 4 is 33.2 Å². The molecule has 26 heavy (non-hydrogen) atoms. The van der Waals surface area contributed by atoms with Crippen LogP contribution in [-0.2, 0) is 10.0 Å². The summed E-state index contributed by atoms with van der Waals surface area (Å²) < 4.78 is 31.4. The fourth-order valence-electron chi connectivity index (χ4n) is 2.13. The van der Waals surface area contributed by atoms with E-state index in [1.54, 1.807) is 19.1 Å². The molecule has 0 atom stereocenters. The lowest BCUT2D eigenvalue weighted by Gasteiger charge is -2.12. The quantitative estimate of drug-likeness (QED) is 0.740. The molecule has 0 saturated heterocycles. The van der Waals surface area contributed by atoms with E-state index in [9.17, 15) is 13.2 Å². The summed E-state index contributed by atoms with van der Waals surface area (Å²) in [5, 5.41) is 3.25. The number of halogens is 1. The van der Waals surface area contributed by atoms with Crippen LogP contribution in [0.5, 0.6) is 5.75 Å². The van der Waals surface area contributed by atoms with Crippen molar-refractivity contribution in [1.29, 1.82) is 0 Å². The van der Waals surface area contributed by atoms with Crippen molar-refractivity contribution in [2.24, 2.45) is 0 Å². The number of rotatable bonds is 6. The number of terminal acetylenes is 1. The number of hydrogen-bond acceptors (Lipinski definition) is 4. The second-order valence-corrected chi connectivity index (χ2v) is 7.48. The van der Waals surface area contributed by atoms with E-state index >= 15 is 0 Å². The number of carbonyl (C=O) groups excluding carboxylic acids is 1. The summed E-state index contributed by atoms with van der Waals surface area (Å²) in [7, 11) is -2.23. The van der Waals surface area contributed by atoms with Crippen LogP contribution < -0.4 is 14.8 Å². The third-order valence-electron chi connectivity index (χ3n) is 3.52. The van der Waals surface area contributed by atoms with Crippen LogP contribution in [0.2, 0.25) is 5.02 Å². The first-order chi connectivity index (χ1) is 12.3. The highest BCUT2D eigenvalue weighted by Gasteiger charge is 2.15. The normalized spacial score (nSPS) is 10.8. The number of sulfonamides is 1. The Morgan fingerprint density at radius 3 is 2.50 bits per heavy atom. The highest BCUT2D eigenvalue weighted by molar-refractivity contribution is 7.89. The maximum atomic E-state index is 12.4. The molecule has 2 N–H and O–H groups in total. The van der Waals surface area contributed by atoms with Gasteiger partial charge in [0.1, 0.15) is 5.75 Å². The lowest BCUT2D eigenvalue weighted by atomic mass is 10.1. The SMILES string of the molecule is C#CCNS(=O)(=O)c1ccc(C(=O)Nc2cc(C)c(Cl)cc2OC)cc1. The highest BCUT2D eigenvalue weighted by atomic mass is 35.5. The maximum absolute atomic E-state index is 12.4. The van der Waals surface area contributed by atoms with Crippen LogP contribution in [0.15, 0.2) is 41.3 Å². The molecule has 0 aliphatic carbocycles. The smallest absolute Gasteiger partial charge is 0.255 e. The van der Waals surface area contributed by atoms with Gasteiger partial charge >= 0.3 is 0 Å². The maximum Gasteiger partial charge on any atom is 0.255 e. The first-order valence-electron chi connectivity index (χ1n) is 7.47. The molecule has 0 heterocycles. The van der Waals surface area contributed by atoms with Crippen LogP contribution in [0, 0.1) is 19.3 Å². The van der Waals surface area contributed by atoms with Crippen LogP contribution in [0.3, 0.4) is 0 Å². The van der Waals surface area contributed by atoms with Gasteiger partial charge in [-0.2, -0.15) is 4.72 Å². The Labute approximate surface area is 157 Å². The predicted molar refractivity (Wildman–Crippen MR) is 101 cm³/mol. The van der Waals surface area contributed by atoms with E-state index in [0.29, 0.717) is 16.5 Å². The van der Waals surface area contributed by atoms with Gasteiger partial charge in [-0.3, -0.25) is 4.79 Å². The Morgan fingerprint density at radius 2 is 1.92 bits per heavy atom. The van der Waals surface area contributed by atoms with E-state index in [4.69, 9.17) is 22.8 Å². The number of benzene rings is 2. The van der Waals surface area contributed by atoms with Crippen molar-refractivity contribution in [2.75, 3.05) is 19.0 Å². The minimum Gasteiger partial charge on any atom is -0.495 e. The first kappa shape index (κ1) is 19.8. The average molecular weight is 393 g/mol. The van der Waals surface area contributed by atoms with Gasteiger partial charge in [-0.1, -0.05) is 17.5 Å². The van der Waals surface area contributed by atoms with Crippen molar-refractivity contribution in [3.8, 4) is 18.1 Å². The Kier molecular flexibility index (Phi) is 6.27. The largest absolute Gasteiger partial charge is 0.495 e. The Morgan fingerprint density at radius 1 is 1.27 bits per heavy atom. The molecule has 0 bridgehead atoms. The molecule has 0 unspecified atom stereocenters. The van der Waals surface area contributed by atoms with Crippen molar-refractivity contribution < 1.29 is 17.9 Å². The Balaban J connectivity index is 2.22. The second-order valence-electron chi connectivity index (χ2n) is 5.31. The van der Waals surface area contributed by atoms with Gasteiger partial charge in [-0.15, -0.1) is 6.42 Å².